The first-order valence-electron chi connectivity index (χ1n) is 6.23. The molecule has 2 N–H and O–H groups in total. The number of carboxylic acid groups (broad SMARTS) is 1. The molecule has 0 bridgehead atoms. The van der Waals surface area contributed by atoms with E-state index in [4.69, 9.17) is 5.11 Å². The van der Waals surface area contributed by atoms with E-state index in [1.807, 2.05) is 19.1 Å². The van der Waals surface area contributed by atoms with Crippen LogP contribution in [0.2, 0.25) is 0 Å². The fourth-order valence-corrected chi connectivity index (χ4v) is 1.46. The highest BCUT2D eigenvalue weighted by atomic mass is 16.4. The first kappa shape index (κ1) is 15.2. The number of carboxylic acids is 1. The van der Waals surface area contributed by atoms with Crippen molar-refractivity contribution in [1.82, 2.24) is 0 Å². The van der Waals surface area contributed by atoms with Gasteiger partial charge in [0.15, 0.2) is 0 Å². The minimum absolute atomic E-state index is 0.294. The third kappa shape index (κ3) is 11.2. The van der Waals surface area contributed by atoms with Crippen molar-refractivity contribution in [3.05, 3.63) is 12.2 Å². The van der Waals surface area contributed by atoms with Crippen molar-refractivity contribution in [2.24, 2.45) is 0 Å². The second-order valence-electron chi connectivity index (χ2n) is 4.10. The second kappa shape index (κ2) is 10.7. The summed E-state index contributed by atoms with van der Waals surface area (Å²) in [5.41, 5.74) is 0. The maximum absolute atomic E-state index is 10.2. The van der Waals surface area contributed by atoms with Crippen molar-refractivity contribution in [2.75, 3.05) is 0 Å². The van der Waals surface area contributed by atoms with Crippen LogP contribution in [0.3, 0.4) is 0 Å². The van der Waals surface area contributed by atoms with Crippen LogP contribution in [0.5, 0.6) is 0 Å². The Hall–Kier alpha value is -0.830. The summed E-state index contributed by atoms with van der Waals surface area (Å²) in [5, 5.41) is 17.7. The molecule has 0 saturated carbocycles. The molecule has 0 fully saturated rings. The van der Waals surface area contributed by atoms with Gasteiger partial charge < -0.3 is 10.2 Å². The molecular weight excluding hydrogens is 204 g/mol. The zero-order valence-corrected chi connectivity index (χ0v) is 10.2. The molecule has 0 aromatic rings. The lowest BCUT2D eigenvalue weighted by atomic mass is 10.1. The van der Waals surface area contributed by atoms with Gasteiger partial charge in [0.05, 0.1) is 6.10 Å². The van der Waals surface area contributed by atoms with E-state index in [1.54, 1.807) is 0 Å². The van der Waals surface area contributed by atoms with E-state index in [2.05, 4.69) is 0 Å². The number of aliphatic carboxylic acids is 1. The average molecular weight is 228 g/mol. The van der Waals surface area contributed by atoms with Crippen LogP contribution in [0.15, 0.2) is 12.2 Å². The Labute approximate surface area is 98.2 Å². The molecule has 0 aliphatic carbocycles. The third-order valence-corrected chi connectivity index (χ3v) is 2.54. The highest BCUT2D eigenvalue weighted by Gasteiger charge is 1.96. The van der Waals surface area contributed by atoms with Gasteiger partial charge in [0, 0.05) is 6.42 Å². The standard InChI is InChI=1S/C13H24O3/c1-2-12(14)10-8-6-4-3-5-7-9-11-13(15)16/h8,10,12,14H,2-7,9,11H2,1H3,(H,15,16)/b10-8+/t12-/m0/s1. The van der Waals surface area contributed by atoms with Crippen molar-refractivity contribution in [2.45, 2.75) is 64.4 Å². The average Bonchev–Trinajstić information content (AvgIpc) is 2.26. The van der Waals surface area contributed by atoms with Crippen LogP contribution in [-0.2, 0) is 4.79 Å². The Morgan fingerprint density at radius 3 is 2.44 bits per heavy atom. The summed E-state index contributed by atoms with van der Waals surface area (Å²) in [4.78, 5) is 10.2. The number of aliphatic hydroxyl groups excluding tert-OH is 1. The molecule has 0 aromatic heterocycles. The Balaban J connectivity index is 3.15. The first-order chi connectivity index (χ1) is 7.66. The molecule has 1 atom stereocenters. The van der Waals surface area contributed by atoms with E-state index in [-0.39, 0.29) is 6.10 Å². The molecule has 0 unspecified atom stereocenters. The van der Waals surface area contributed by atoms with E-state index in [0.29, 0.717) is 6.42 Å². The third-order valence-electron chi connectivity index (χ3n) is 2.54. The fourth-order valence-electron chi connectivity index (χ4n) is 1.46. The smallest absolute Gasteiger partial charge is 0.303 e. The van der Waals surface area contributed by atoms with Crippen LogP contribution < -0.4 is 0 Å². The van der Waals surface area contributed by atoms with Crippen molar-refractivity contribution in [3.8, 4) is 0 Å². The minimum Gasteiger partial charge on any atom is -0.481 e. The predicted octanol–water partition coefficient (Wildman–Crippen LogP) is 3.13. The quantitative estimate of drug-likeness (QED) is 0.446. The van der Waals surface area contributed by atoms with Crippen LogP contribution in [-0.4, -0.2) is 22.3 Å². The predicted molar refractivity (Wildman–Crippen MR) is 65.4 cm³/mol. The second-order valence-corrected chi connectivity index (χ2v) is 4.10. The molecule has 0 aliphatic heterocycles. The molecule has 0 radical (unpaired) electrons. The number of aliphatic hydroxyl groups is 1. The monoisotopic (exact) mass is 228 g/mol. The van der Waals surface area contributed by atoms with Gasteiger partial charge in [0.2, 0.25) is 0 Å². The number of rotatable bonds is 10. The molecule has 3 nitrogen and oxygen atoms in total. The van der Waals surface area contributed by atoms with Crippen molar-refractivity contribution in [1.29, 1.82) is 0 Å². The number of unbranched alkanes of at least 4 members (excludes halogenated alkanes) is 5. The number of hydrogen-bond donors (Lipinski definition) is 2. The van der Waals surface area contributed by atoms with Gasteiger partial charge >= 0.3 is 5.97 Å². The summed E-state index contributed by atoms with van der Waals surface area (Å²) in [6.45, 7) is 1.96. The zero-order valence-electron chi connectivity index (χ0n) is 10.2. The van der Waals surface area contributed by atoms with Crippen LogP contribution in [0, 0.1) is 0 Å². The van der Waals surface area contributed by atoms with Crippen LogP contribution >= 0.6 is 0 Å². The number of hydrogen-bond acceptors (Lipinski definition) is 2. The first-order valence-corrected chi connectivity index (χ1v) is 6.23. The molecule has 0 heterocycles. The minimum atomic E-state index is -0.698. The molecule has 16 heavy (non-hydrogen) atoms. The van der Waals surface area contributed by atoms with Crippen molar-refractivity contribution in [3.63, 3.8) is 0 Å². The molecule has 3 heteroatoms. The van der Waals surface area contributed by atoms with Gasteiger partial charge in [-0.3, -0.25) is 4.79 Å². The Kier molecular flexibility index (Phi) is 10.1. The van der Waals surface area contributed by atoms with Gasteiger partial charge in [-0.25, -0.2) is 0 Å². The Morgan fingerprint density at radius 1 is 1.19 bits per heavy atom. The van der Waals surface area contributed by atoms with E-state index in [9.17, 15) is 9.90 Å². The van der Waals surface area contributed by atoms with Gasteiger partial charge in [0.1, 0.15) is 0 Å². The maximum Gasteiger partial charge on any atom is 0.303 e. The Morgan fingerprint density at radius 2 is 1.81 bits per heavy atom. The largest absolute Gasteiger partial charge is 0.481 e. The topological polar surface area (TPSA) is 57.5 Å². The molecule has 0 amide bonds. The number of allylic oxidation sites excluding steroid dienone is 1. The summed E-state index contributed by atoms with van der Waals surface area (Å²) < 4.78 is 0. The van der Waals surface area contributed by atoms with Crippen LogP contribution in [0.25, 0.3) is 0 Å². The van der Waals surface area contributed by atoms with Gasteiger partial charge in [-0.1, -0.05) is 38.3 Å². The molecule has 0 aromatic carbocycles. The maximum atomic E-state index is 10.2. The van der Waals surface area contributed by atoms with Gasteiger partial charge in [0.25, 0.3) is 0 Å². The van der Waals surface area contributed by atoms with E-state index in [0.717, 1.165) is 44.9 Å². The lowest BCUT2D eigenvalue weighted by molar-refractivity contribution is -0.137. The summed E-state index contributed by atoms with van der Waals surface area (Å²) in [7, 11) is 0. The highest BCUT2D eigenvalue weighted by molar-refractivity contribution is 5.66. The van der Waals surface area contributed by atoms with Gasteiger partial charge in [-0.2, -0.15) is 0 Å². The van der Waals surface area contributed by atoms with Crippen LogP contribution in [0.1, 0.15) is 58.3 Å². The summed E-state index contributed by atoms with van der Waals surface area (Å²) in [5.74, 6) is -0.698. The molecule has 0 saturated heterocycles. The zero-order chi connectivity index (χ0) is 12.2. The fraction of sp³-hybridized carbons (Fsp3) is 0.769. The normalized spacial score (nSPS) is 13.1. The SMILES string of the molecule is CC[C@H](O)/C=C/CCCCCCCC(=O)O. The van der Waals surface area contributed by atoms with Crippen LogP contribution in [0.4, 0.5) is 0 Å². The summed E-state index contributed by atoms with van der Waals surface area (Å²) in [6.07, 6.45) is 10.8. The lowest BCUT2D eigenvalue weighted by Crippen LogP contribution is -1.97. The van der Waals surface area contributed by atoms with Crippen molar-refractivity contribution >= 4 is 5.97 Å². The highest BCUT2D eigenvalue weighted by Crippen LogP contribution is 2.07. The summed E-state index contributed by atoms with van der Waals surface area (Å²) >= 11 is 0. The van der Waals surface area contributed by atoms with E-state index in [1.165, 1.54) is 0 Å². The molecule has 0 rings (SSSR count). The van der Waals surface area contributed by atoms with E-state index < -0.39 is 5.97 Å². The molecule has 94 valence electrons. The number of carbonyl (C=O) groups is 1. The molecule has 0 spiro atoms. The van der Waals surface area contributed by atoms with Gasteiger partial charge in [-0.05, 0) is 25.7 Å². The molecule has 0 aliphatic rings. The molecular formula is C13H24O3. The lowest BCUT2D eigenvalue weighted by Gasteiger charge is -2.00. The Bertz CT molecular complexity index is 199. The summed E-state index contributed by atoms with van der Waals surface area (Å²) in [6, 6.07) is 0. The van der Waals surface area contributed by atoms with Crippen molar-refractivity contribution < 1.29 is 15.0 Å². The van der Waals surface area contributed by atoms with E-state index >= 15 is 0 Å². The van der Waals surface area contributed by atoms with Gasteiger partial charge in [-0.15, -0.1) is 0 Å².